The molecule has 31 heavy (non-hydrogen) atoms. The van der Waals surface area contributed by atoms with E-state index < -0.39 is 6.10 Å². The van der Waals surface area contributed by atoms with E-state index in [4.69, 9.17) is 11.6 Å². The van der Waals surface area contributed by atoms with Crippen LogP contribution in [-0.4, -0.2) is 58.8 Å². The largest absolute Gasteiger partial charge is 0.387 e. The minimum absolute atomic E-state index is 0.0103. The number of piperazine rings is 1. The zero-order valence-electron chi connectivity index (χ0n) is 17.8. The standard InChI is InChI=1S/C25H29ClN2O2S/c1-18(25(30)21-7-10-23-20(17-21)3-2-16-31-23)27-12-14-28(15-13-27)24(29)11-6-19-4-8-22(26)9-5-19/h4-11,17-18,25,30H,2-3,12-16H2,1H3. The Morgan fingerprint density at radius 2 is 1.87 bits per heavy atom. The van der Waals surface area contributed by atoms with E-state index in [0.717, 1.165) is 30.6 Å². The second-order valence-corrected chi connectivity index (χ2v) is 9.82. The van der Waals surface area contributed by atoms with Crippen LogP contribution in [0.1, 0.15) is 36.1 Å². The number of carbonyl (C=O) groups is 1. The van der Waals surface area contributed by atoms with Crippen LogP contribution in [0, 0.1) is 0 Å². The van der Waals surface area contributed by atoms with Crippen molar-refractivity contribution in [2.24, 2.45) is 0 Å². The summed E-state index contributed by atoms with van der Waals surface area (Å²) >= 11 is 7.82. The summed E-state index contributed by atoms with van der Waals surface area (Å²) in [6.45, 7) is 4.94. The highest BCUT2D eigenvalue weighted by Gasteiger charge is 2.28. The van der Waals surface area contributed by atoms with Gasteiger partial charge >= 0.3 is 0 Å². The SMILES string of the molecule is CC(C(O)c1ccc2c(c1)CCCS2)N1CCN(C(=O)C=Cc2ccc(Cl)cc2)CC1. The van der Waals surface area contributed by atoms with Gasteiger partial charge in [-0.1, -0.05) is 35.9 Å². The van der Waals surface area contributed by atoms with Gasteiger partial charge in [0.05, 0.1) is 6.10 Å². The lowest BCUT2D eigenvalue weighted by Crippen LogP contribution is -2.52. The molecule has 0 bridgehead atoms. The van der Waals surface area contributed by atoms with E-state index in [0.29, 0.717) is 18.1 Å². The molecule has 164 valence electrons. The Morgan fingerprint density at radius 1 is 1.13 bits per heavy atom. The van der Waals surface area contributed by atoms with E-state index in [1.54, 1.807) is 6.08 Å². The Kier molecular flexibility index (Phi) is 7.39. The Morgan fingerprint density at radius 3 is 2.61 bits per heavy atom. The molecule has 1 N–H and O–H groups in total. The number of fused-ring (bicyclic) bond motifs is 1. The molecular weight excluding hydrogens is 428 g/mol. The lowest BCUT2D eigenvalue weighted by Gasteiger charge is -2.39. The summed E-state index contributed by atoms with van der Waals surface area (Å²) in [6.07, 6.45) is 5.23. The number of nitrogens with zero attached hydrogens (tertiary/aromatic N) is 2. The van der Waals surface area contributed by atoms with Gasteiger partial charge < -0.3 is 10.0 Å². The van der Waals surface area contributed by atoms with Crippen molar-refractivity contribution in [3.63, 3.8) is 0 Å². The quantitative estimate of drug-likeness (QED) is 0.664. The summed E-state index contributed by atoms with van der Waals surface area (Å²) in [7, 11) is 0. The molecule has 4 rings (SSSR count). The highest BCUT2D eigenvalue weighted by Crippen LogP contribution is 2.33. The fourth-order valence-corrected chi connectivity index (χ4v) is 5.38. The molecule has 0 saturated carbocycles. The van der Waals surface area contributed by atoms with Crippen molar-refractivity contribution in [2.75, 3.05) is 31.9 Å². The molecule has 1 fully saturated rings. The van der Waals surface area contributed by atoms with Crippen molar-refractivity contribution in [3.05, 3.63) is 70.3 Å². The highest BCUT2D eigenvalue weighted by molar-refractivity contribution is 7.99. The third-order valence-electron chi connectivity index (χ3n) is 6.22. The number of hydrogen-bond acceptors (Lipinski definition) is 4. The number of halogens is 1. The average Bonchev–Trinajstić information content (AvgIpc) is 2.82. The normalized spacial score (nSPS) is 19.3. The van der Waals surface area contributed by atoms with Crippen LogP contribution in [0.2, 0.25) is 5.02 Å². The highest BCUT2D eigenvalue weighted by atomic mass is 35.5. The number of hydrogen-bond donors (Lipinski definition) is 1. The first kappa shape index (κ1) is 22.4. The third kappa shape index (κ3) is 5.53. The van der Waals surface area contributed by atoms with Crippen LogP contribution in [0.3, 0.4) is 0 Å². The molecular formula is C25H29ClN2O2S. The van der Waals surface area contributed by atoms with Crippen LogP contribution in [0.5, 0.6) is 0 Å². The molecule has 0 aromatic heterocycles. The molecule has 2 heterocycles. The van der Waals surface area contributed by atoms with Crippen LogP contribution >= 0.6 is 23.4 Å². The molecule has 1 amide bonds. The molecule has 2 aromatic rings. The van der Waals surface area contributed by atoms with Crippen molar-refractivity contribution in [1.29, 1.82) is 0 Å². The van der Waals surface area contributed by atoms with Crippen molar-refractivity contribution >= 4 is 35.3 Å². The fourth-order valence-electron chi connectivity index (χ4n) is 4.24. The van der Waals surface area contributed by atoms with Gasteiger partial charge in [-0.15, -0.1) is 11.8 Å². The average molecular weight is 457 g/mol. The molecule has 6 heteroatoms. The maximum Gasteiger partial charge on any atom is 0.246 e. The molecule has 2 aliphatic heterocycles. The summed E-state index contributed by atoms with van der Waals surface area (Å²) in [5, 5.41) is 11.7. The molecule has 0 radical (unpaired) electrons. The van der Waals surface area contributed by atoms with E-state index in [1.807, 2.05) is 47.0 Å². The summed E-state index contributed by atoms with van der Waals surface area (Å²) in [4.78, 5) is 18.1. The molecule has 0 spiro atoms. The Bertz CT molecular complexity index is 939. The minimum Gasteiger partial charge on any atom is -0.387 e. The lowest BCUT2D eigenvalue weighted by molar-refractivity contribution is -0.128. The summed E-state index contributed by atoms with van der Waals surface area (Å²) in [5.41, 5.74) is 3.32. The summed E-state index contributed by atoms with van der Waals surface area (Å²) < 4.78 is 0. The molecule has 1 saturated heterocycles. The Balaban J connectivity index is 1.31. The van der Waals surface area contributed by atoms with Gasteiger partial charge in [0.2, 0.25) is 5.91 Å². The third-order valence-corrected chi connectivity index (χ3v) is 7.68. The lowest BCUT2D eigenvalue weighted by atomic mass is 9.98. The van der Waals surface area contributed by atoms with Gasteiger partial charge in [0.15, 0.2) is 0 Å². The monoisotopic (exact) mass is 456 g/mol. The van der Waals surface area contributed by atoms with E-state index in [9.17, 15) is 9.90 Å². The number of aryl methyl sites for hydroxylation is 1. The number of benzene rings is 2. The predicted molar refractivity (Wildman–Crippen MR) is 129 cm³/mol. The Labute approximate surface area is 193 Å². The van der Waals surface area contributed by atoms with E-state index in [1.165, 1.54) is 22.6 Å². The van der Waals surface area contributed by atoms with Gasteiger partial charge in [0.25, 0.3) is 0 Å². The zero-order chi connectivity index (χ0) is 21.8. The van der Waals surface area contributed by atoms with Crippen LogP contribution in [0.4, 0.5) is 0 Å². The molecule has 4 nitrogen and oxygen atoms in total. The zero-order valence-corrected chi connectivity index (χ0v) is 19.4. The van der Waals surface area contributed by atoms with Crippen LogP contribution in [0.15, 0.2) is 53.4 Å². The van der Waals surface area contributed by atoms with Gasteiger partial charge in [-0.25, -0.2) is 0 Å². The molecule has 2 atom stereocenters. The number of rotatable bonds is 5. The molecule has 2 aromatic carbocycles. The maximum atomic E-state index is 12.5. The fraction of sp³-hybridized carbons (Fsp3) is 0.400. The molecule has 2 aliphatic rings. The van der Waals surface area contributed by atoms with Crippen LogP contribution in [0.25, 0.3) is 6.08 Å². The van der Waals surface area contributed by atoms with Gasteiger partial charge in [0, 0.05) is 48.2 Å². The first-order valence-electron chi connectivity index (χ1n) is 10.9. The van der Waals surface area contributed by atoms with Crippen LogP contribution in [-0.2, 0) is 11.2 Å². The first-order chi connectivity index (χ1) is 15.0. The molecule has 0 aliphatic carbocycles. The van der Waals surface area contributed by atoms with Crippen molar-refractivity contribution in [3.8, 4) is 0 Å². The van der Waals surface area contributed by atoms with Gasteiger partial charge in [-0.05, 0) is 66.5 Å². The van der Waals surface area contributed by atoms with Crippen molar-refractivity contribution in [1.82, 2.24) is 9.80 Å². The van der Waals surface area contributed by atoms with E-state index in [2.05, 4.69) is 30.0 Å². The maximum absolute atomic E-state index is 12.5. The number of amides is 1. The number of aliphatic hydroxyl groups excluding tert-OH is 1. The first-order valence-corrected chi connectivity index (χ1v) is 12.3. The van der Waals surface area contributed by atoms with Gasteiger partial charge in [-0.2, -0.15) is 0 Å². The minimum atomic E-state index is -0.524. The predicted octanol–water partition coefficient (Wildman–Crippen LogP) is 4.66. The molecule has 2 unspecified atom stereocenters. The number of thioether (sulfide) groups is 1. The Hall–Kier alpha value is -1.79. The number of carbonyl (C=O) groups excluding carboxylic acids is 1. The van der Waals surface area contributed by atoms with Crippen LogP contribution < -0.4 is 0 Å². The second kappa shape index (κ2) is 10.2. The van der Waals surface area contributed by atoms with Gasteiger partial charge in [0.1, 0.15) is 0 Å². The van der Waals surface area contributed by atoms with Crippen molar-refractivity contribution in [2.45, 2.75) is 36.8 Å². The second-order valence-electron chi connectivity index (χ2n) is 8.25. The summed E-state index contributed by atoms with van der Waals surface area (Å²) in [5.74, 6) is 1.21. The van der Waals surface area contributed by atoms with E-state index in [-0.39, 0.29) is 11.9 Å². The topological polar surface area (TPSA) is 43.8 Å². The summed E-state index contributed by atoms with van der Waals surface area (Å²) in [6, 6.07) is 13.9. The smallest absolute Gasteiger partial charge is 0.246 e. The van der Waals surface area contributed by atoms with Crippen molar-refractivity contribution < 1.29 is 9.90 Å². The van der Waals surface area contributed by atoms with Gasteiger partial charge in [-0.3, -0.25) is 9.69 Å². The number of aliphatic hydroxyl groups is 1. The van der Waals surface area contributed by atoms with E-state index >= 15 is 0 Å².